The number of rotatable bonds is 5. The van der Waals surface area contributed by atoms with Crippen molar-refractivity contribution in [2.75, 3.05) is 11.4 Å². The molecule has 0 fully saturated rings. The van der Waals surface area contributed by atoms with Gasteiger partial charge in [-0.05, 0) is 24.3 Å². The third-order valence-electron chi connectivity index (χ3n) is 2.79. The molecular weight excluding hydrogens is 266 g/mol. The highest BCUT2D eigenvalue weighted by atomic mass is 35.5. The fourth-order valence-corrected chi connectivity index (χ4v) is 1.91. The summed E-state index contributed by atoms with van der Waals surface area (Å²) in [6.07, 6.45) is 3.42. The first kappa shape index (κ1) is 13.4. The van der Waals surface area contributed by atoms with Gasteiger partial charge in [-0.1, -0.05) is 11.6 Å². The molecule has 2 rings (SSSR count). The van der Waals surface area contributed by atoms with E-state index in [0.29, 0.717) is 11.6 Å². The maximum absolute atomic E-state index is 11.0. The zero-order valence-corrected chi connectivity index (χ0v) is 11.2. The molecule has 5 nitrogen and oxygen atoms in total. The van der Waals surface area contributed by atoms with Crippen LogP contribution in [0.15, 0.2) is 36.8 Å². The number of carbonyl (C=O) groups is 1. The predicted molar refractivity (Wildman–Crippen MR) is 73.3 cm³/mol. The smallest absolute Gasteiger partial charge is 0.323 e. The van der Waals surface area contributed by atoms with Gasteiger partial charge in [0.2, 0.25) is 0 Å². The molecule has 0 bridgehead atoms. The fourth-order valence-electron chi connectivity index (χ4n) is 1.79. The molecule has 6 heteroatoms. The lowest BCUT2D eigenvalue weighted by atomic mass is 10.2. The maximum atomic E-state index is 11.0. The number of aryl methyl sites for hydroxylation is 1. The first-order valence-electron chi connectivity index (χ1n) is 5.74. The minimum absolute atomic E-state index is 0.0766. The van der Waals surface area contributed by atoms with Gasteiger partial charge in [-0.2, -0.15) is 0 Å². The number of hydrogen-bond donors (Lipinski definition) is 1. The summed E-state index contributed by atoms with van der Waals surface area (Å²) in [5, 5.41) is 9.63. The second-order valence-corrected chi connectivity index (χ2v) is 4.66. The summed E-state index contributed by atoms with van der Waals surface area (Å²) in [6, 6.07) is 7.10. The van der Waals surface area contributed by atoms with E-state index >= 15 is 0 Å². The van der Waals surface area contributed by atoms with E-state index in [1.165, 1.54) is 0 Å². The largest absolute Gasteiger partial charge is 0.480 e. The Morgan fingerprint density at radius 3 is 2.63 bits per heavy atom. The molecule has 0 saturated heterocycles. The highest BCUT2D eigenvalue weighted by molar-refractivity contribution is 6.30. The van der Waals surface area contributed by atoms with Crippen molar-refractivity contribution in [3.05, 3.63) is 47.5 Å². The molecule has 2 aromatic rings. The Morgan fingerprint density at radius 1 is 1.42 bits per heavy atom. The van der Waals surface area contributed by atoms with E-state index in [2.05, 4.69) is 4.98 Å². The van der Waals surface area contributed by atoms with Crippen LogP contribution in [0, 0.1) is 0 Å². The predicted octanol–water partition coefficient (Wildman–Crippen LogP) is 2.16. The fraction of sp³-hybridized carbons (Fsp3) is 0.231. The topological polar surface area (TPSA) is 58.4 Å². The van der Waals surface area contributed by atoms with Gasteiger partial charge in [-0.3, -0.25) is 4.79 Å². The quantitative estimate of drug-likeness (QED) is 0.911. The average Bonchev–Trinajstić information content (AvgIpc) is 2.75. The van der Waals surface area contributed by atoms with Gasteiger partial charge in [0, 0.05) is 24.0 Å². The van der Waals surface area contributed by atoms with Crippen LogP contribution in [0.1, 0.15) is 5.69 Å². The van der Waals surface area contributed by atoms with Gasteiger partial charge in [-0.25, -0.2) is 4.98 Å². The molecule has 0 aliphatic rings. The van der Waals surface area contributed by atoms with E-state index in [-0.39, 0.29) is 6.54 Å². The van der Waals surface area contributed by atoms with Gasteiger partial charge in [-0.15, -0.1) is 0 Å². The first-order valence-corrected chi connectivity index (χ1v) is 6.11. The molecule has 0 aliphatic carbocycles. The SMILES string of the molecule is Cn1cncc1CN(CC(=O)O)c1ccc(Cl)cc1. The van der Waals surface area contributed by atoms with Gasteiger partial charge in [0.15, 0.2) is 0 Å². The average molecular weight is 280 g/mol. The van der Waals surface area contributed by atoms with Crippen LogP contribution in [0.2, 0.25) is 5.02 Å². The molecule has 0 unspecified atom stereocenters. The monoisotopic (exact) mass is 279 g/mol. The zero-order valence-electron chi connectivity index (χ0n) is 10.5. The Morgan fingerprint density at radius 2 is 2.11 bits per heavy atom. The highest BCUT2D eigenvalue weighted by Gasteiger charge is 2.13. The summed E-state index contributed by atoms with van der Waals surface area (Å²) in [6.45, 7) is 0.400. The first-order chi connectivity index (χ1) is 9.06. The van der Waals surface area contributed by atoms with Gasteiger partial charge in [0.05, 0.1) is 18.6 Å². The summed E-state index contributed by atoms with van der Waals surface area (Å²) in [4.78, 5) is 16.8. The van der Waals surface area contributed by atoms with Crippen LogP contribution in [0.3, 0.4) is 0 Å². The number of carboxylic acids is 1. The number of anilines is 1. The normalized spacial score (nSPS) is 10.4. The number of carboxylic acid groups (broad SMARTS) is 1. The standard InChI is InChI=1S/C13H14ClN3O2/c1-16-9-15-6-12(16)7-17(8-13(18)19)11-4-2-10(14)3-5-11/h2-6,9H,7-8H2,1H3,(H,18,19). The molecule has 0 spiro atoms. The van der Waals surface area contributed by atoms with Crippen molar-refractivity contribution < 1.29 is 9.90 Å². The number of imidazole rings is 1. The summed E-state index contributed by atoms with van der Waals surface area (Å²) in [5.41, 5.74) is 1.75. The third kappa shape index (κ3) is 3.48. The molecule has 0 aliphatic heterocycles. The Balaban J connectivity index is 2.23. The van der Waals surface area contributed by atoms with Crippen LogP contribution in [0.5, 0.6) is 0 Å². The van der Waals surface area contributed by atoms with E-state index in [0.717, 1.165) is 11.4 Å². The van der Waals surface area contributed by atoms with Crippen LogP contribution in [0.4, 0.5) is 5.69 Å². The molecular formula is C13H14ClN3O2. The Hall–Kier alpha value is -2.01. The van der Waals surface area contributed by atoms with Gasteiger partial charge < -0.3 is 14.6 Å². The molecule has 100 valence electrons. The lowest BCUT2D eigenvalue weighted by molar-refractivity contribution is -0.135. The highest BCUT2D eigenvalue weighted by Crippen LogP contribution is 2.19. The van der Waals surface area contributed by atoms with Crippen molar-refractivity contribution in [1.29, 1.82) is 0 Å². The number of aliphatic carboxylic acids is 1. The van der Waals surface area contributed by atoms with Crippen molar-refractivity contribution >= 4 is 23.3 Å². The van der Waals surface area contributed by atoms with E-state index < -0.39 is 5.97 Å². The van der Waals surface area contributed by atoms with Crippen LogP contribution in [0.25, 0.3) is 0 Å². The van der Waals surface area contributed by atoms with Crippen molar-refractivity contribution in [2.24, 2.45) is 7.05 Å². The molecule has 0 amide bonds. The molecule has 0 saturated carbocycles. The van der Waals surface area contributed by atoms with E-state index in [9.17, 15) is 4.79 Å². The number of hydrogen-bond acceptors (Lipinski definition) is 3. The summed E-state index contributed by atoms with van der Waals surface area (Å²) < 4.78 is 1.87. The second-order valence-electron chi connectivity index (χ2n) is 4.22. The van der Waals surface area contributed by atoms with Crippen molar-refractivity contribution in [3.63, 3.8) is 0 Å². The number of nitrogens with zero attached hydrogens (tertiary/aromatic N) is 3. The maximum Gasteiger partial charge on any atom is 0.323 e. The van der Waals surface area contributed by atoms with E-state index in [1.54, 1.807) is 29.6 Å². The number of halogens is 1. The van der Waals surface area contributed by atoms with Crippen LogP contribution in [-0.2, 0) is 18.4 Å². The summed E-state index contributed by atoms with van der Waals surface area (Å²) >= 11 is 5.84. The Kier molecular flexibility index (Phi) is 4.06. The van der Waals surface area contributed by atoms with Gasteiger partial charge >= 0.3 is 5.97 Å². The minimum atomic E-state index is -0.878. The minimum Gasteiger partial charge on any atom is -0.480 e. The number of aromatic nitrogens is 2. The molecule has 19 heavy (non-hydrogen) atoms. The molecule has 1 heterocycles. The van der Waals surface area contributed by atoms with E-state index in [1.807, 2.05) is 23.7 Å². The van der Waals surface area contributed by atoms with Crippen LogP contribution in [-0.4, -0.2) is 27.2 Å². The van der Waals surface area contributed by atoms with E-state index in [4.69, 9.17) is 16.7 Å². The summed E-state index contributed by atoms with van der Waals surface area (Å²) in [7, 11) is 1.88. The molecule has 1 N–H and O–H groups in total. The summed E-state index contributed by atoms with van der Waals surface area (Å²) in [5.74, 6) is -0.878. The van der Waals surface area contributed by atoms with Gasteiger partial charge in [0.1, 0.15) is 6.54 Å². The Bertz CT molecular complexity index is 566. The molecule has 0 atom stereocenters. The Labute approximate surface area is 116 Å². The molecule has 1 aromatic carbocycles. The van der Waals surface area contributed by atoms with Crippen molar-refractivity contribution in [2.45, 2.75) is 6.54 Å². The lowest BCUT2D eigenvalue weighted by Gasteiger charge is -2.23. The van der Waals surface area contributed by atoms with Crippen molar-refractivity contribution in [3.8, 4) is 0 Å². The van der Waals surface area contributed by atoms with Crippen LogP contribution < -0.4 is 4.90 Å². The lowest BCUT2D eigenvalue weighted by Crippen LogP contribution is -2.29. The number of benzene rings is 1. The molecule has 0 radical (unpaired) electrons. The second kappa shape index (κ2) is 5.75. The van der Waals surface area contributed by atoms with Crippen LogP contribution >= 0.6 is 11.6 Å². The zero-order chi connectivity index (χ0) is 13.8. The molecule has 1 aromatic heterocycles. The van der Waals surface area contributed by atoms with Crippen molar-refractivity contribution in [1.82, 2.24) is 9.55 Å². The van der Waals surface area contributed by atoms with Gasteiger partial charge in [0.25, 0.3) is 0 Å². The third-order valence-corrected chi connectivity index (χ3v) is 3.04.